The van der Waals surface area contributed by atoms with Crippen molar-refractivity contribution in [3.05, 3.63) is 59.9 Å². The Kier molecular flexibility index (Phi) is 6.84. The van der Waals surface area contributed by atoms with Crippen molar-refractivity contribution in [2.75, 3.05) is 17.2 Å². The molecule has 6 nitrogen and oxygen atoms in total. The van der Waals surface area contributed by atoms with E-state index in [2.05, 4.69) is 10.6 Å². The molecule has 0 heterocycles. The van der Waals surface area contributed by atoms with E-state index in [-0.39, 0.29) is 18.7 Å². The van der Waals surface area contributed by atoms with E-state index in [1.54, 1.807) is 12.1 Å². The lowest BCUT2D eigenvalue weighted by molar-refractivity contribution is -0.147. The van der Waals surface area contributed by atoms with Gasteiger partial charge < -0.3 is 15.4 Å². The van der Waals surface area contributed by atoms with Crippen LogP contribution >= 0.6 is 0 Å². The van der Waals surface area contributed by atoms with Gasteiger partial charge in [0, 0.05) is 17.8 Å². The summed E-state index contributed by atoms with van der Waals surface area (Å²) in [5, 5.41) is 5.13. The summed E-state index contributed by atoms with van der Waals surface area (Å²) in [5.74, 6) is -1.94. The normalized spacial score (nSPS) is 10.1. The molecule has 0 unspecified atom stereocenters. The summed E-state index contributed by atoms with van der Waals surface area (Å²) in [4.78, 5) is 35.0. The van der Waals surface area contributed by atoms with Crippen LogP contribution in [0.3, 0.4) is 0 Å². The average molecular weight is 358 g/mol. The van der Waals surface area contributed by atoms with Crippen LogP contribution in [0.2, 0.25) is 0 Å². The second-order valence-electron chi connectivity index (χ2n) is 5.63. The van der Waals surface area contributed by atoms with Gasteiger partial charge in [-0.1, -0.05) is 17.7 Å². The molecule has 2 aromatic carbocycles. The van der Waals surface area contributed by atoms with Crippen LogP contribution in [0, 0.1) is 12.7 Å². The first-order valence-electron chi connectivity index (χ1n) is 8.00. The van der Waals surface area contributed by atoms with Crippen LogP contribution in [0.15, 0.2) is 48.5 Å². The van der Waals surface area contributed by atoms with E-state index in [9.17, 15) is 18.8 Å². The van der Waals surface area contributed by atoms with Gasteiger partial charge in [-0.15, -0.1) is 0 Å². The van der Waals surface area contributed by atoms with Crippen LogP contribution in [-0.4, -0.2) is 24.4 Å². The number of aryl methyl sites for hydroxylation is 1. The van der Waals surface area contributed by atoms with Crippen molar-refractivity contribution in [1.82, 2.24) is 0 Å². The van der Waals surface area contributed by atoms with E-state index >= 15 is 0 Å². The van der Waals surface area contributed by atoms with Gasteiger partial charge in [0.05, 0.1) is 6.42 Å². The zero-order valence-corrected chi connectivity index (χ0v) is 14.3. The molecule has 136 valence electrons. The topological polar surface area (TPSA) is 84.5 Å². The maximum absolute atomic E-state index is 12.8. The molecule has 2 amide bonds. The third-order valence-corrected chi connectivity index (χ3v) is 3.38. The van der Waals surface area contributed by atoms with Gasteiger partial charge in [0.15, 0.2) is 6.61 Å². The highest BCUT2D eigenvalue weighted by atomic mass is 19.1. The molecule has 0 bridgehead atoms. The smallest absolute Gasteiger partial charge is 0.306 e. The molecule has 0 saturated carbocycles. The fraction of sp³-hybridized carbons (Fsp3) is 0.211. The maximum Gasteiger partial charge on any atom is 0.306 e. The number of benzene rings is 2. The van der Waals surface area contributed by atoms with Crippen LogP contribution in [0.25, 0.3) is 0 Å². The first-order valence-corrected chi connectivity index (χ1v) is 8.00. The molecule has 0 aliphatic rings. The van der Waals surface area contributed by atoms with E-state index in [0.29, 0.717) is 11.4 Å². The van der Waals surface area contributed by atoms with Crippen molar-refractivity contribution >= 4 is 29.2 Å². The summed E-state index contributed by atoms with van der Waals surface area (Å²) >= 11 is 0. The van der Waals surface area contributed by atoms with E-state index in [1.165, 1.54) is 24.3 Å². The predicted molar refractivity (Wildman–Crippen MR) is 95.0 cm³/mol. The number of halogens is 1. The lowest BCUT2D eigenvalue weighted by atomic mass is 10.2. The van der Waals surface area contributed by atoms with Crippen molar-refractivity contribution < 1.29 is 23.5 Å². The van der Waals surface area contributed by atoms with Gasteiger partial charge in [-0.05, 0) is 43.3 Å². The number of amides is 2. The van der Waals surface area contributed by atoms with Crippen molar-refractivity contribution in [2.45, 2.75) is 19.8 Å². The van der Waals surface area contributed by atoms with Crippen LogP contribution in [0.4, 0.5) is 15.8 Å². The molecular formula is C19H19FN2O4. The Morgan fingerprint density at radius 1 is 0.846 bits per heavy atom. The summed E-state index contributed by atoms with van der Waals surface area (Å²) in [6.07, 6.45) is -0.187. The first kappa shape index (κ1) is 19.1. The minimum Gasteiger partial charge on any atom is -0.456 e. The molecule has 0 aliphatic carbocycles. The third-order valence-electron chi connectivity index (χ3n) is 3.38. The molecule has 2 aromatic rings. The standard InChI is InChI=1S/C19H19FN2O4/c1-13-2-6-15(7-3-13)21-17(23)10-11-19(25)26-12-18(24)22-16-8-4-14(20)5-9-16/h2-9H,10-12H2,1H3,(H,21,23)(H,22,24). The number of nitrogens with one attached hydrogen (secondary N) is 2. The maximum atomic E-state index is 12.8. The molecular weight excluding hydrogens is 339 g/mol. The van der Waals surface area contributed by atoms with Crippen LogP contribution in [0.1, 0.15) is 18.4 Å². The van der Waals surface area contributed by atoms with Crippen LogP contribution in [0.5, 0.6) is 0 Å². The van der Waals surface area contributed by atoms with Gasteiger partial charge in [0.25, 0.3) is 5.91 Å². The minimum atomic E-state index is -0.654. The van der Waals surface area contributed by atoms with Crippen molar-refractivity contribution in [3.63, 3.8) is 0 Å². The number of hydrogen-bond donors (Lipinski definition) is 2. The first-order chi connectivity index (χ1) is 12.4. The summed E-state index contributed by atoms with van der Waals surface area (Å²) < 4.78 is 17.6. The van der Waals surface area contributed by atoms with Gasteiger partial charge in [-0.2, -0.15) is 0 Å². The number of anilines is 2. The number of esters is 1. The summed E-state index contributed by atoms with van der Waals surface area (Å²) in [7, 11) is 0. The molecule has 0 aromatic heterocycles. The third kappa shape index (κ3) is 6.72. The number of carbonyl (C=O) groups is 3. The van der Waals surface area contributed by atoms with Crippen LogP contribution < -0.4 is 10.6 Å². The molecule has 2 N–H and O–H groups in total. The molecule has 0 fully saturated rings. The highest BCUT2D eigenvalue weighted by molar-refractivity contribution is 5.94. The molecule has 0 radical (unpaired) electrons. The zero-order chi connectivity index (χ0) is 18.9. The highest BCUT2D eigenvalue weighted by Crippen LogP contribution is 2.10. The Hall–Kier alpha value is -3.22. The van der Waals surface area contributed by atoms with E-state index in [4.69, 9.17) is 4.74 Å². The molecule has 7 heteroatoms. The predicted octanol–water partition coefficient (Wildman–Crippen LogP) is 3.03. The van der Waals surface area contributed by atoms with Crippen molar-refractivity contribution in [2.24, 2.45) is 0 Å². The summed E-state index contributed by atoms with van der Waals surface area (Å²) in [5.41, 5.74) is 2.11. The zero-order valence-electron chi connectivity index (χ0n) is 14.3. The Labute approximate surface area is 150 Å². The van der Waals surface area contributed by atoms with E-state index in [1.807, 2.05) is 19.1 Å². The lowest BCUT2D eigenvalue weighted by Crippen LogP contribution is -2.21. The Morgan fingerprint density at radius 2 is 1.38 bits per heavy atom. The summed E-state index contributed by atoms with van der Waals surface area (Å²) in [6, 6.07) is 12.5. The number of carbonyl (C=O) groups excluding carboxylic acids is 3. The van der Waals surface area contributed by atoms with Crippen molar-refractivity contribution in [1.29, 1.82) is 0 Å². The number of rotatable bonds is 7. The molecule has 26 heavy (non-hydrogen) atoms. The molecule has 2 rings (SSSR count). The second-order valence-corrected chi connectivity index (χ2v) is 5.63. The quantitative estimate of drug-likeness (QED) is 0.745. The fourth-order valence-corrected chi connectivity index (χ4v) is 2.02. The fourth-order valence-electron chi connectivity index (χ4n) is 2.02. The van der Waals surface area contributed by atoms with E-state index in [0.717, 1.165) is 5.56 Å². The van der Waals surface area contributed by atoms with E-state index < -0.39 is 24.3 Å². The van der Waals surface area contributed by atoms with Gasteiger partial charge in [-0.3, -0.25) is 14.4 Å². The molecule has 0 saturated heterocycles. The Balaban J connectivity index is 1.66. The minimum absolute atomic E-state index is 0.0493. The Morgan fingerprint density at radius 3 is 2.00 bits per heavy atom. The lowest BCUT2D eigenvalue weighted by Gasteiger charge is -2.07. The second kappa shape index (κ2) is 9.31. The van der Waals surface area contributed by atoms with Crippen molar-refractivity contribution in [3.8, 4) is 0 Å². The monoisotopic (exact) mass is 358 g/mol. The van der Waals surface area contributed by atoms with Gasteiger partial charge in [0.2, 0.25) is 5.91 Å². The van der Waals surface area contributed by atoms with Gasteiger partial charge in [-0.25, -0.2) is 4.39 Å². The van der Waals surface area contributed by atoms with Crippen LogP contribution in [-0.2, 0) is 19.1 Å². The Bertz CT molecular complexity index is 708. The highest BCUT2D eigenvalue weighted by Gasteiger charge is 2.11. The SMILES string of the molecule is Cc1ccc(NC(=O)CCC(=O)OCC(=O)Nc2ccc(F)cc2)cc1. The molecule has 0 aliphatic heterocycles. The number of ether oxygens (including phenoxy) is 1. The van der Waals surface area contributed by atoms with Gasteiger partial charge >= 0.3 is 5.97 Å². The summed E-state index contributed by atoms with van der Waals surface area (Å²) in [6.45, 7) is 1.46. The van der Waals surface area contributed by atoms with Gasteiger partial charge in [0.1, 0.15) is 5.82 Å². The number of hydrogen-bond acceptors (Lipinski definition) is 4. The molecule has 0 spiro atoms. The molecule has 0 atom stereocenters. The average Bonchev–Trinajstić information content (AvgIpc) is 2.62. The largest absolute Gasteiger partial charge is 0.456 e.